The first-order chi connectivity index (χ1) is 14.4. The van der Waals surface area contributed by atoms with Crippen molar-refractivity contribution in [2.45, 2.75) is 33.2 Å². The summed E-state index contributed by atoms with van der Waals surface area (Å²) in [4.78, 5) is 31.1. The van der Waals surface area contributed by atoms with Gasteiger partial charge in [0, 0.05) is 18.7 Å². The second-order valence-corrected chi connectivity index (χ2v) is 8.38. The minimum Gasteiger partial charge on any atom is -0.494 e. The van der Waals surface area contributed by atoms with Crippen molar-refractivity contribution in [3.63, 3.8) is 0 Å². The van der Waals surface area contributed by atoms with Crippen molar-refractivity contribution in [2.75, 3.05) is 23.4 Å². The fraction of sp³-hybridized carbons (Fsp3) is 0.318. The zero-order valence-corrected chi connectivity index (χ0v) is 18.0. The molecule has 0 aliphatic carbocycles. The molecular weight excluding hydrogens is 400 g/mol. The van der Waals surface area contributed by atoms with Gasteiger partial charge >= 0.3 is 6.03 Å². The molecule has 1 aliphatic rings. The molecule has 3 amide bonds. The average molecular weight is 425 g/mol. The Morgan fingerprint density at radius 2 is 2.07 bits per heavy atom. The molecule has 30 heavy (non-hydrogen) atoms. The minimum absolute atomic E-state index is 0.00648. The number of ether oxygens (including phenoxy) is 1. The van der Waals surface area contributed by atoms with E-state index in [1.165, 1.54) is 16.9 Å². The number of nitrogens with one attached hydrogen (secondary N) is 2. The number of thiazole rings is 1. The molecule has 1 saturated heterocycles. The van der Waals surface area contributed by atoms with Crippen LogP contribution < -0.4 is 20.3 Å². The molecule has 1 aliphatic heterocycles. The Labute approximate surface area is 179 Å². The highest BCUT2D eigenvalue weighted by molar-refractivity contribution is 7.22. The lowest BCUT2D eigenvalue weighted by Crippen LogP contribution is -2.39. The van der Waals surface area contributed by atoms with Crippen LogP contribution in [0.4, 0.5) is 15.6 Å². The molecule has 2 heterocycles. The van der Waals surface area contributed by atoms with Crippen LogP contribution in [0.5, 0.6) is 5.75 Å². The van der Waals surface area contributed by atoms with Crippen LogP contribution in [0.1, 0.15) is 24.5 Å². The molecule has 3 aromatic rings. The number of hydrogen-bond acceptors (Lipinski definition) is 5. The molecule has 2 N–H and O–H groups in total. The Hall–Kier alpha value is -3.13. The topological polar surface area (TPSA) is 83.6 Å². The number of hydrogen-bond donors (Lipinski definition) is 2. The zero-order valence-electron chi connectivity index (χ0n) is 17.2. The van der Waals surface area contributed by atoms with E-state index in [1.807, 2.05) is 57.2 Å². The van der Waals surface area contributed by atoms with Crippen molar-refractivity contribution < 1.29 is 14.3 Å². The second-order valence-electron chi connectivity index (χ2n) is 7.35. The number of carbonyl (C=O) groups excluding carboxylic acids is 2. The third kappa shape index (κ3) is 4.23. The van der Waals surface area contributed by atoms with Gasteiger partial charge in [-0.05, 0) is 62.2 Å². The Bertz CT molecular complexity index is 1110. The van der Waals surface area contributed by atoms with Gasteiger partial charge in [0.1, 0.15) is 5.75 Å². The summed E-state index contributed by atoms with van der Waals surface area (Å²) in [5, 5.41) is 6.18. The molecule has 8 heteroatoms. The van der Waals surface area contributed by atoms with E-state index in [1.54, 1.807) is 4.90 Å². The van der Waals surface area contributed by atoms with Crippen LogP contribution in [0.15, 0.2) is 36.4 Å². The van der Waals surface area contributed by atoms with E-state index < -0.39 is 0 Å². The number of rotatable bonds is 5. The summed E-state index contributed by atoms with van der Waals surface area (Å²) in [5.41, 5.74) is 3.99. The molecule has 0 bridgehead atoms. The maximum absolute atomic E-state index is 12.5. The normalized spacial score (nSPS) is 16.2. The maximum atomic E-state index is 12.5. The zero-order chi connectivity index (χ0) is 21.3. The minimum atomic E-state index is -0.362. The predicted molar refractivity (Wildman–Crippen MR) is 120 cm³/mol. The number of carbonyl (C=O) groups is 2. The summed E-state index contributed by atoms with van der Waals surface area (Å²) in [6, 6.07) is 11.0. The summed E-state index contributed by atoms with van der Waals surface area (Å²) in [7, 11) is 0. The number of amides is 3. The molecule has 1 aromatic heterocycles. The predicted octanol–water partition coefficient (Wildman–Crippen LogP) is 4.24. The molecule has 0 radical (unpaired) electrons. The maximum Gasteiger partial charge on any atom is 0.321 e. The smallest absolute Gasteiger partial charge is 0.321 e. The van der Waals surface area contributed by atoms with Gasteiger partial charge in [-0.25, -0.2) is 9.78 Å². The van der Waals surface area contributed by atoms with Gasteiger partial charge in [0.25, 0.3) is 0 Å². The molecule has 0 spiro atoms. The van der Waals surface area contributed by atoms with Gasteiger partial charge in [-0.1, -0.05) is 17.4 Å². The van der Waals surface area contributed by atoms with Crippen LogP contribution >= 0.6 is 11.3 Å². The van der Waals surface area contributed by atoms with Crippen LogP contribution in [0.25, 0.3) is 10.2 Å². The average Bonchev–Trinajstić information content (AvgIpc) is 3.26. The molecule has 1 fully saturated rings. The number of aryl methyl sites for hydroxylation is 2. The lowest BCUT2D eigenvalue weighted by molar-refractivity contribution is -0.117. The van der Waals surface area contributed by atoms with E-state index in [9.17, 15) is 9.59 Å². The summed E-state index contributed by atoms with van der Waals surface area (Å²) >= 11 is 1.38. The van der Waals surface area contributed by atoms with Gasteiger partial charge in [0.2, 0.25) is 5.91 Å². The standard InChI is InChI=1S/C22H24N4O3S/c1-4-29-17-7-8-18-19(11-17)30-22(24-18)25-21(28)23-15-10-20(27)26(12-15)16-6-5-13(2)14(3)9-16/h5-9,11,15H,4,10,12H2,1-3H3,(H2,23,24,25,28)/t15-/m1/s1. The van der Waals surface area contributed by atoms with E-state index >= 15 is 0 Å². The van der Waals surface area contributed by atoms with E-state index in [4.69, 9.17) is 4.74 Å². The SMILES string of the molecule is CCOc1ccc2nc(NC(=O)N[C@@H]3CC(=O)N(c4ccc(C)c(C)c4)C3)sc2c1. The van der Waals surface area contributed by atoms with Crippen molar-refractivity contribution in [1.29, 1.82) is 0 Å². The quantitative estimate of drug-likeness (QED) is 0.642. The summed E-state index contributed by atoms with van der Waals surface area (Å²) < 4.78 is 6.44. The number of fused-ring (bicyclic) bond motifs is 1. The van der Waals surface area contributed by atoms with Crippen LogP contribution in [0, 0.1) is 13.8 Å². The van der Waals surface area contributed by atoms with Crippen LogP contribution in [-0.2, 0) is 4.79 Å². The van der Waals surface area contributed by atoms with E-state index in [2.05, 4.69) is 15.6 Å². The van der Waals surface area contributed by atoms with Crippen molar-refractivity contribution >= 4 is 44.3 Å². The summed E-state index contributed by atoms with van der Waals surface area (Å²) in [5.74, 6) is 0.785. The fourth-order valence-electron chi connectivity index (χ4n) is 3.48. The fourth-order valence-corrected chi connectivity index (χ4v) is 4.37. The number of urea groups is 1. The Balaban J connectivity index is 1.39. The largest absolute Gasteiger partial charge is 0.494 e. The molecule has 0 unspecified atom stereocenters. The van der Waals surface area contributed by atoms with E-state index in [0.717, 1.165) is 27.2 Å². The monoisotopic (exact) mass is 424 g/mol. The lowest BCUT2D eigenvalue weighted by Gasteiger charge is -2.18. The molecule has 7 nitrogen and oxygen atoms in total. The molecule has 2 aromatic carbocycles. The van der Waals surface area contributed by atoms with Gasteiger partial charge in [-0.15, -0.1) is 0 Å². The molecular formula is C22H24N4O3S. The molecule has 1 atom stereocenters. The molecule has 156 valence electrons. The first kappa shape index (κ1) is 20.2. The first-order valence-electron chi connectivity index (χ1n) is 9.91. The number of benzene rings is 2. The third-order valence-electron chi connectivity index (χ3n) is 5.15. The molecule has 0 saturated carbocycles. The van der Waals surface area contributed by atoms with Gasteiger partial charge in [-0.3, -0.25) is 10.1 Å². The Morgan fingerprint density at radius 1 is 1.23 bits per heavy atom. The summed E-state index contributed by atoms with van der Waals surface area (Å²) in [6.07, 6.45) is 0.276. The van der Waals surface area contributed by atoms with Crippen molar-refractivity contribution in [3.8, 4) is 5.75 Å². The van der Waals surface area contributed by atoms with E-state index in [0.29, 0.717) is 18.3 Å². The number of nitrogens with zero attached hydrogens (tertiary/aromatic N) is 2. The van der Waals surface area contributed by atoms with Crippen LogP contribution in [0.3, 0.4) is 0 Å². The third-order valence-corrected chi connectivity index (χ3v) is 6.09. The van der Waals surface area contributed by atoms with Crippen molar-refractivity contribution in [3.05, 3.63) is 47.5 Å². The van der Waals surface area contributed by atoms with Gasteiger partial charge in [0.15, 0.2) is 5.13 Å². The van der Waals surface area contributed by atoms with Gasteiger partial charge < -0.3 is 15.0 Å². The summed E-state index contributed by atoms with van der Waals surface area (Å²) in [6.45, 7) is 7.05. The van der Waals surface area contributed by atoms with Crippen LogP contribution in [-0.4, -0.2) is 36.1 Å². The second kappa shape index (κ2) is 8.31. The van der Waals surface area contributed by atoms with E-state index in [-0.39, 0.29) is 24.4 Å². The number of anilines is 2. The van der Waals surface area contributed by atoms with Gasteiger partial charge in [-0.2, -0.15) is 0 Å². The van der Waals surface area contributed by atoms with Crippen LogP contribution in [0.2, 0.25) is 0 Å². The van der Waals surface area contributed by atoms with Crippen molar-refractivity contribution in [1.82, 2.24) is 10.3 Å². The highest BCUT2D eigenvalue weighted by atomic mass is 32.1. The Kier molecular flexibility index (Phi) is 5.59. The lowest BCUT2D eigenvalue weighted by atomic mass is 10.1. The molecule has 4 rings (SSSR count). The first-order valence-corrected chi connectivity index (χ1v) is 10.7. The highest BCUT2D eigenvalue weighted by Crippen LogP contribution is 2.29. The number of aromatic nitrogens is 1. The Morgan fingerprint density at radius 3 is 2.83 bits per heavy atom. The van der Waals surface area contributed by atoms with Crippen molar-refractivity contribution in [2.24, 2.45) is 0 Å². The highest BCUT2D eigenvalue weighted by Gasteiger charge is 2.31. The van der Waals surface area contributed by atoms with Gasteiger partial charge in [0.05, 0.1) is 22.9 Å².